The lowest BCUT2D eigenvalue weighted by Crippen LogP contribution is -2.54. The SMILES string of the molecule is CCc1cc(NC2CC(Cl)C2(C)C)nc(C)n1. The summed E-state index contributed by atoms with van der Waals surface area (Å²) >= 11 is 6.22. The molecule has 0 spiro atoms. The maximum absolute atomic E-state index is 6.22. The van der Waals surface area contributed by atoms with Gasteiger partial charge in [-0.15, -0.1) is 11.6 Å². The summed E-state index contributed by atoms with van der Waals surface area (Å²) in [6.45, 7) is 8.43. The highest BCUT2D eigenvalue weighted by atomic mass is 35.5. The molecule has 1 aliphatic rings. The van der Waals surface area contributed by atoms with Gasteiger partial charge in [-0.05, 0) is 19.8 Å². The van der Waals surface area contributed by atoms with Gasteiger partial charge in [-0.2, -0.15) is 0 Å². The molecule has 0 radical (unpaired) electrons. The van der Waals surface area contributed by atoms with Gasteiger partial charge in [0.2, 0.25) is 0 Å². The number of aromatic nitrogens is 2. The van der Waals surface area contributed by atoms with E-state index >= 15 is 0 Å². The summed E-state index contributed by atoms with van der Waals surface area (Å²) in [6, 6.07) is 2.44. The van der Waals surface area contributed by atoms with Gasteiger partial charge in [-0.25, -0.2) is 9.97 Å². The average Bonchev–Trinajstić information content (AvgIpc) is 2.28. The van der Waals surface area contributed by atoms with Gasteiger partial charge in [0.15, 0.2) is 0 Å². The number of anilines is 1. The van der Waals surface area contributed by atoms with Gasteiger partial charge in [-0.1, -0.05) is 20.8 Å². The second-order valence-corrected chi connectivity index (χ2v) is 5.89. The van der Waals surface area contributed by atoms with E-state index in [0.29, 0.717) is 6.04 Å². The number of rotatable bonds is 3. The zero-order valence-corrected chi connectivity index (χ0v) is 11.7. The van der Waals surface area contributed by atoms with Crippen LogP contribution < -0.4 is 5.32 Å². The Morgan fingerprint density at radius 3 is 2.71 bits per heavy atom. The van der Waals surface area contributed by atoms with Crippen molar-refractivity contribution in [1.82, 2.24) is 9.97 Å². The van der Waals surface area contributed by atoms with Crippen molar-refractivity contribution in [2.45, 2.75) is 52.0 Å². The lowest BCUT2D eigenvalue weighted by Gasteiger charge is -2.49. The predicted molar refractivity (Wildman–Crippen MR) is 71.6 cm³/mol. The fraction of sp³-hybridized carbons (Fsp3) is 0.692. The summed E-state index contributed by atoms with van der Waals surface area (Å²) in [4.78, 5) is 8.81. The van der Waals surface area contributed by atoms with Crippen LogP contribution in [0.3, 0.4) is 0 Å². The van der Waals surface area contributed by atoms with Crippen LogP contribution in [0.5, 0.6) is 0 Å². The minimum atomic E-state index is 0.132. The minimum absolute atomic E-state index is 0.132. The highest BCUT2D eigenvalue weighted by Gasteiger charge is 2.47. The Balaban J connectivity index is 2.12. The van der Waals surface area contributed by atoms with Crippen molar-refractivity contribution in [2.75, 3.05) is 5.32 Å². The average molecular weight is 254 g/mol. The molecule has 0 saturated heterocycles. The second-order valence-electron chi connectivity index (χ2n) is 5.37. The van der Waals surface area contributed by atoms with Crippen molar-refractivity contribution in [3.63, 3.8) is 0 Å². The highest BCUT2D eigenvalue weighted by Crippen LogP contribution is 2.45. The first-order valence-corrected chi connectivity index (χ1v) is 6.62. The Kier molecular flexibility index (Phi) is 3.30. The van der Waals surface area contributed by atoms with Crippen molar-refractivity contribution >= 4 is 17.4 Å². The molecule has 1 aromatic heterocycles. The molecule has 4 heteroatoms. The molecule has 2 atom stereocenters. The van der Waals surface area contributed by atoms with E-state index in [4.69, 9.17) is 11.6 Å². The molecular formula is C13H20ClN3. The summed E-state index contributed by atoms with van der Waals surface area (Å²) in [5, 5.41) is 3.74. The molecule has 1 aliphatic carbocycles. The van der Waals surface area contributed by atoms with Crippen molar-refractivity contribution in [3.8, 4) is 0 Å². The maximum Gasteiger partial charge on any atom is 0.130 e. The normalized spacial score (nSPS) is 26.4. The molecule has 1 saturated carbocycles. The molecule has 0 amide bonds. The Morgan fingerprint density at radius 2 is 2.18 bits per heavy atom. The van der Waals surface area contributed by atoms with Gasteiger partial charge in [-0.3, -0.25) is 0 Å². The van der Waals surface area contributed by atoms with Crippen LogP contribution in [0.4, 0.5) is 5.82 Å². The molecule has 0 aliphatic heterocycles. The van der Waals surface area contributed by atoms with Gasteiger partial charge in [0.25, 0.3) is 0 Å². The van der Waals surface area contributed by atoms with E-state index in [-0.39, 0.29) is 10.8 Å². The van der Waals surface area contributed by atoms with Crippen LogP contribution in [-0.2, 0) is 6.42 Å². The van der Waals surface area contributed by atoms with Crippen LogP contribution in [0, 0.1) is 12.3 Å². The lowest BCUT2D eigenvalue weighted by atomic mass is 9.67. The summed E-state index contributed by atoms with van der Waals surface area (Å²) in [5.41, 5.74) is 1.21. The third kappa shape index (κ3) is 2.39. The Labute approximate surface area is 108 Å². The van der Waals surface area contributed by atoms with Crippen molar-refractivity contribution in [3.05, 3.63) is 17.6 Å². The standard InChI is InChI=1S/C13H20ClN3/c1-5-9-6-12(16-8(2)15-9)17-11-7-10(14)13(11,3)4/h6,10-11H,5,7H2,1-4H3,(H,15,16,17). The molecule has 2 unspecified atom stereocenters. The molecule has 1 fully saturated rings. The molecule has 1 N–H and O–H groups in total. The van der Waals surface area contributed by atoms with E-state index in [9.17, 15) is 0 Å². The molecule has 0 aromatic carbocycles. The molecular weight excluding hydrogens is 234 g/mol. The molecule has 3 nitrogen and oxygen atoms in total. The van der Waals surface area contributed by atoms with E-state index in [1.54, 1.807) is 0 Å². The molecule has 0 bridgehead atoms. The predicted octanol–water partition coefficient (Wildman–Crippen LogP) is 3.17. The minimum Gasteiger partial charge on any atom is -0.367 e. The summed E-state index contributed by atoms with van der Waals surface area (Å²) < 4.78 is 0. The monoisotopic (exact) mass is 253 g/mol. The lowest BCUT2D eigenvalue weighted by molar-refractivity contribution is 0.168. The fourth-order valence-corrected chi connectivity index (χ4v) is 2.51. The molecule has 1 heterocycles. The Morgan fingerprint density at radius 1 is 1.47 bits per heavy atom. The largest absolute Gasteiger partial charge is 0.367 e. The smallest absolute Gasteiger partial charge is 0.130 e. The number of alkyl halides is 1. The maximum atomic E-state index is 6.22. The number of hydrogen-bond acceptors (Lipinski definition) is 3. The van der Waals surface area contributed by atoms with Crippen LogP contribution in [-0.4, -0.2) is 21.4 Å². The molecule has 1 aromatic rings. The number of aryl methyl sites for hydroxylation is 2. The van der Waals surface area contributed by atoms with Crippen LogP contribution in [0.1, 0.15) is 38.7 Å². The van der Waals surface area contributed by atoms with Gasteiger partial charge < -0.3 is 5.32 Å². The molecule has 17 heavy (non-hydrogen) atoms. The fourth-order valence-electron chi connectivity index (χ4n) is 2.18. The van der Waals surface area contributed by atoms with Crippen LogP contribution in [0.25, 0.3) is 0 Å². The van der Waals surface area contributed by atoms with Gasteiger partial charge >= 0.3 is 0 Å². The summed E-state index contributed by atoms with van der Waals surface area (Å²) in [5.74, 6) is 1.75. The Bertz CT molecular complexity index is 417. The van der Waals surface area contributed by atoms with E-state index in [1.807, 2.05) is 13.0 Å². The first-order chi connectivity index (χ1) is 7.93. The van der Waals surface area contributed by atoms with Crippen molar-refractivity contribution < 1.29 is 0 Å². The summed E-state index contributed by atoms with van der Waals surface area (Å²) in [6.07, 6.45) is 1.93. The number of halogens is 1. The van der Waals surface area contributed by atoms with Crippen LogP contribution in [0.15, 0.2) is 6.07 Å². The summed E-state index contributed by atoms with van der Waals surface area (Å²) in [7, 11) is 0. The van der Waals surface area contributed by atoms with E-state index in [1.165, 1.54) is 0 Å². The van der Waals surface area contributed by atoms with E-state index in [0.717, 1.165) is 30.2 Å². The molecule has 2 rings (SSSR count). The quantitative estimate of drug-likeness (QED) is 0.841. The third-order valence-electron chi connectivity index (χ3n) is 3.72. The molecule has 94 valence electrons. The van der Waals surface area contributed by atoms with Gasteiger partial charge in [0.1, 0.15) is 11.6 Å². The first-order valence-electron chi connectivity index (χ1n) is 6.18. The highest BCUT2D eigenvalue weighted by molar-refractivity contribution is 6.21. The zero-order chi connectivity index (χ0) is 12.6. The zero-order valence-electron chi connectivity index (χ0n) is 10.9. The van der Waals surface area contributed by atoms with Crippen molar-refractivity contribution in [1.29, 1.82) is 0 Å². The number of nitrogens with one attached hydrogen (secondary N) is 1. The second kappa shape index (κ2) is 4.45. The van der Waals surface area contributed by atoms with E-state index in [2.05, 4.69) is 36.1 Å². The van der Waals surface area contributed by atoms with Crippen LogP contribution >= 0.6 is 11.6 Å². The third-order valence-corrected chi connectivity index (χ3v) is 4.46. The first kappa shape index (κ1) is 12.6. The van der Waals surface area contributed by atoms with Gasteiger partial charge in [0, 0.05) is 28.6 Å². The van der Waals surface area contributed by atoms with Gasteiger partial charge in [0.05, 0.1) is 0 Å². The number of nitrogens with zero attached hydrogens (tertiary/aromatic N) is 2. The number of hydrogen-bond donors (Lipinski definition) is 1. The van der Waals surface area contributed by atoms with Crippen molar-refractivity contribution in [2.24, 2.45) is 5.41 Å². The Hall–Kier alpha value is -0.830. The topological polar surface area (TPSA) is 37.8 Å². The van der Waals surface area contributed by atoms with E-state index < -0.39 is 0 Å². The van der Waals surface area contributed by atoms with Crippen LogP contribution in [0.2, 0.25) is 0 Å².